The van der Waals surface area contributed by atoms with Gasteiger partial charge in [-0.3, -0.25) is 9.59 Å². The summed E-state index contributed by atoms with van der Waals surface area (Å²) in [4.78, 5) is 36.2. The predicted molar refractivity (Wildman–Crippen MR) is 86.7 cm³/mol. The van der Waals surface area contributed by atoms with Crippen LogP contribution >= 0.6 is 0 Å². The Morgan fingerprint density at radius 1 is 1.04 bits per heavy atom. The minimum Gasteiger partial charge on any atom is -0.468 e. The standard InChI is InChI=1S/C18H20O7/c1-11-10-25-14(9-18(11,16(20)23-3)17(21)24-4)12-5-7-13(8-6-12)15(19)22-2/h5-8,14H,1,9-10H2,2-4H3. The van der Waals surface area contributed by atoms with Crippen molar-refractivity contribution in [2.24, 2.45) is 5.41 Å². The van der Waals surface area contributed by atoms with Crippen molar-refractivity contribution < 1.29 is 33.3 Å². The van der Waals surface area contributed by atoms with Crippen LogP contribution in [-0.2, 0) is 28.5 Å². The average molecular weight is 348 g/mol. The van der Waals surface area contributed by atoms with Crippen molar-refractivity contribution in [2.45, 2.75) is 12.5 Å². The molecule has 0 spiro atoms. The van der Waals surface area contributed by atoms with Gasteiger partial charge >= 0.3 is 17.9 Å². The maximum atomic E-state index is 12.4. The average Bonchev–Trinajstić information content (AvgIpc) is 2.66. The number of benzene rings is 1. The van der Waals surface area contributed by atoms with E-state index in [0.717, 1.165) is 0 Å². The summed E-state index contributed by atoms with van der Waals surface area (Å²) in [5.74, 6) is -1.92. The van der Waals surface area contributed by atoms with E-state index in [1.807, 2.05) is 0 Å². The Morgan fingerprint density at radius 3 is 2.08 bits per heavy atom. The van der Waals surface area contributed by atoms with E-state index in [0.29, 0.717) is 11.1 Å². The van der Waals surface area contributed by atoms with E-state index >= 15 is 0 Å². The molecule has 1 saturated heterocycles. The van der Waals surface area contributed by atoms with E-state index in [4.69, 9.17) is 14.2 Å². The monoisotopic (exact) mass is 348 g/mol. The first kappa shape index (κ1) is 18.7. The normalized spacial score (nSPS) is 19.0. The fourth-order valence-electron chi connectivity index (χ4n) is 2.86. The molecule has 1 heterocycles. The molecule has 7 nitrogen and oxygen atoms in total. The zero-order valence-corrected chi connectivity index (χ0v) is 14.4. The van der Waals surface area contributed by atoms with E-state index in [1.54, 1.807) is 24.3 Å². The van der Waals surface area contributed by atoms with Gasteiger partial charge in [-0.25, -0.2) is 4.79 Å². The lowest BCUT2D eigenvalue weighted by atomic mass is 9.73. The van der Waals surface area contributed by atoms with E-state index in [2.05, 4.69) is 11.3 Å². The number of methoxy groups -OCH3 is 3. The molecule has 0 aliphatic carbocycles. The fourth-order valence-corrected chi connectivity index (χ4v) is 2.86. The summed E-state index contributed by atoms with van der Waals surface area (Å²) < 4.78 is 20.0. The lowest BCUT2D eigenvalue weighted by Crippen LogP contribution is -2.47. The van der Waals surface area contributed by atoms with Crippen LogP contribution in [-0.4, -0.2) is 45.8 Å². The molecular formula is C18H20O7. The van der Waals surface area contributed by atoms with E-state index in [1.165, 1.54) is 21.3 Å². The first-order valence-electron chi connectivity index (χ1n) is 7.55. The van der Waals surface area contributed by atoms with E-state index in [9.17, 15) is 14.4 Å². The van der Waals surface area contributed by atoms with Crippen LogP contribution in [0.2, 0.25) is 0 Å². The summed E-state index contributed by atoms with van der Waals surface area (Å²) in [5.41, 5.74) is -0.238. The smallest absolute Gasteiger partial charge is 0.337 e. The van der Waals surface area contributed by atoms with Gasteiger partial charge in [0.1, 0.15) is 0 Å². The van der Waals surface area contributed by atoms with Crippen molar-refractivity contribution in [1.82, 2.24) is 0 Å². The van der Waals surface area contributed by atoms with Gasteiger partial charge in [0.15, 0.2) is 5.41 Å². The molecule has 0 aromatic heterocycles. The predicted octanol–water partition coefficient (Wildman–Crippen LogP) is 1.82. The summed E-state index contributed by atoms with van der Waals surface area (Å²) in [6.07, 6.45) is -0.557. The van der Waals surface area contributed by atoms with Gasteiger partial charge in [0.25, 0.3) is 0 Å². The van der Waals surface area contributed by atoms with Crippen LogP contribution < -0.4 is 0 Å². The highest BCUT2D eigenvalue weighted by Gasteiger charge is 2.54. The minimum absolute atomic E-state index is 0.00273. The maximum Gasteiger partial charge on any atom is 0.337 e. The molecule has 1 aromatic rings. The summed E-state index contributed by atoms with van der Waals surface area (Å²) in [5, 5.41) is 0. The molecule has 7 heteroatoms. The first-order valence-corrected chi connectivity index (χ1v) is 7.55. The molecule has 1 aromatic carbocycles. The number of carbonyl (C=O) groups excluding carboxylic acids is 3. The molecule has 1 atom stereocenters. The van der Waals surface area contributed by atoms with Crippen LogP contribution in [0.1, 0.15) is 28.4 Å². The molecule has 1 aliphatic rings. The highest BCUT2D eigenvalue weighted by Crippen LogP contribution is 2.44. The molecule has 1 fully saturated rings. The number of hydrogen-bond acceptors (Lipinski definition) is 7. The van der Waals surface area contributed by atoms with E-state index < -0.39 is 29.4 Å². The Kier molecular flexibility index (Phi) is 5.58. The van der Waals surface area contributed by atoms with Gasteiger partial charge in [-0.1, -0.05) is 18.7 Å². The van der Waals surface area contributed by atoms with Crippen LogP contribution in [0.4, 0.5) is 0 Å². The Balaban J connectivity index is 2.35. The molecule has 25 heavy (non-hydrogen) atoms. The molecule has 1 aliphatic heterocycles. The van der Waals surface area contributed by atoms with Crippen LogP contribution in [0.15, 0.2) is 36.4 Å². The molecule has 0 saturated carbocycles. The highest BCUT2D eigenvalue weighted by molar-refractivity contribution is 6.03. The lowest BCUT2D eigenvalue weighted by Gasteiger charge is -2.38. The van der Waals surface area contributed by atoms with Crippen molar-refractivity contribution in [3.05, 3.63) is 47.5 Å². The van der Waals surface area contributed by atoms with Gasteiger partial charge in [-0.15, -0.1) is 0 Å². The highest BCUT2D eigenvalue weighted by atomic mass is 16.5. The first-order chi connectivity index (χ1) is 11.9. The fraction of sp³-hybridized carbons (Fsp3) is 0.389. The summed E-state index contributed by atoms with van der Waals surface area (Å²) in [7, 11) is 3.71. The molecule has 2 rings (SSSR count). The van der Waals surface area contributed by atoms with Crippen LogP contribution in [0.3, 0.4) is 0 Å². The second-order valence-electron chi connectivity index (χ2n) is 5.61. The maximum absolute atomic E-state index is 12.4. The largest absolute Gasteiger partial charge is 0.468 e. The number of ether oxygens (including phenoxy) is 4. The third-order valence-corrected chi connectivity index (χ3v) is 4.33. The molecular weight excluding hydrogens is 328 g/mol. The van der Waals surface area contributed by atoms with Gasteiger partial charge in [0.05, 0.1) is 39.6 Å². The topological polar surface area (TPSA) is 88.1 Å². The zero-order chi connectivity index (χ0) is 18.6. The van der Waals surface area contributed by atoms with Crippen LogP contribution in [0.25, 0.3) is 0 Å². The molecule has 0 N–H and O–H groups in total. The lowest BCUT2D eigenvalue weighted by molar-refractivity contribution is -0.172. The second-order valence-corrected chi connectivity index (χ2v) is 5.61. The van der Waals surface area contributed by atoms with E-state index in [-0.39, 0.29) is 18.6 Å². The van der Waals surface area contributed by atoms with Crippen molar-refractivity contribution in [3.8, 4) is 0 Å². The number of esters is 3. The summed E-state index contributed by atoms with van der Waals surface area (Å²) in [6, 6.07) is 6.55. The summed E-state index contributed by atoms with van der Waals surface area (Å²) >= 11 is 0. The SMILES string of the molecule is C=C1COC(c2ccc(C(=O)OC)cc2)CC1(C(=O)OC)C(=O)OC. The third kappa shape index (κ3) is 3.28. The van der Waals surface area contributed by atoms with Gasteiger partial charge in [-0.05, 0) is 23.3 Å². The Bertz CT molecular complexity index is 660. The zero-order valence-electron chi connectivity index (χ0n) is 14.4. The third-order valence-electron chi connectivity index (χ3n) is 4.33. The molecule has 1 unspecified atom stereocenters. The van der Waals surface area contributed by atoms with Gasteiger partial charge < -0.3 is 18.9 Å². The van der Waals surface area contributed by atoms with Crippen molar-refractivity contribution >= 4 is 17.9 Å². The van der Waals surface area contributed by atoms with Gasteiger partial charge in [-0.2, -0.15) is 0 Å². The summed E-state index contributed by atoms with van der Waals surface area (Å²) in [6.45, 7) is 3.80. The van der Waals surface area contributed by atoms with Crippen molar-refractivity contribution in [3.63, 3.8) is 0 Å². The molecule has 0 amide bonds. The quantitative estimate of drug-likeness (QED) is 0.355. The second kappa shape index (κ2) is 7.48. The molecule has 0 radical (unpaired) electrons. The Hall–Kier alpha value is -2.67. The van der Waals surface area contributed by atoms with Gasteiger partial charge in [0, 0.05) is 6.42 Å². The molecule has 0 bridgehead atoms. The Morgan fingerprint density at radius 2 is 1.60 bits per heavy atom. The van der Waals surface area contributed by atoms with Crippen LogP contribution in [0, 0.1) is 5.41 Å². The minimum atomic E-state index is -1.62. The molecule has 134 valence electrons. The van der Waals surface area contributed by atoms with Gasteiger partial charge in [0.2, 0.25) is 0 Å². The van der Waals surface area contributed by atoms with Crippen molar-refractivity contribution in [1.29, 1.82) is 0 Å². The number of carbonyl (C=O) groups is 3. The number of rotatable bonds is 4. The Labute approximate surface area is 145 Å². The van der Waals surface area contributed by atoms with Crippen molar-refractivity contribution in [2.75, 3.05) is 27.9 Å². The number of hydrogen-bond donors (Lipinski definition) is 0. The van der Waals surface area contributed by atoms with Crippen LogP contribution in [0.5, 0.6) is 0 Å².